The minimum Gasteiger partial charge on any atom is -0.378 e. The molecule has 3 heterocycles. The maximum Gasteiger partial charge on any atom is 0.393 e. The molecule has 0 aromatic carbocycles. The van der Waals surface area contributed by atoms with E-state index >= 15 is 19.2 Å². The molecular formula is C71H111ClF6N12O13. The highest BCUT2D eigenvalue weighted by atomic mass is 35.5. The number of rotatable bonds is 10. The second kappa shape index (κ2) is 36.7. The van der Waals surface area contributed by atoms with Crippen molar-refractivity contribution in [2.45, 2.75) is 240 Å². The van der Waals surface area contributed by atoms with Crippen molar-refractivity contribution in [3.05, 3.63) is 0 Å². The Balaban J connectivity index is 1.29. The van der Waals surface area contributed by atoms with Gasteiger partial charge in [-0.05, 0) is 107 Å². The first-order chi connectivity index (χ1) is 48.4. The molecule has 4 aliphatic carbocycles. The number of nitrogens with zero attached hydrogens (tertiary/aromatic N) is 9. The summed E-state index contributed by atoms with van der Waals surface area (Å²) in [6.45, 7) is 3.49. The van der Waals surface area contributed by atoms with Gasteiger partial charge in [-0.2, -0.15) is 26.3 Å². The van der Waals surface area contributed by atoms with E-state index in [4.69, 9.17) is 16.3 Å². The van der Waals surface area contributed by atoms with E-state index in [9.17, 15) is 64.7 Å². The molecule has 0 bridgehead atoms. The summed E-state index contributed by atoms with van der Waals surface area (Å²) in [5, 5.41) is 7.00. The lowest BCUT2D eigenvalue weighted by Crippen LogP contribution is -2.65. The Kier molecular flexibility index (Phi) is 29.8. The minimum atomic E-state index is -5.11. The molecule has 582 valence electrons. The summed E-state index contributed by atoms with van der Waals surface area (Å²) in [5.74, 6) is -13.2. The lowest BCUT2D eigenvalue weighted by atomic mass is 9.78. The van der Waals surface area contributed by atoms with E-state index in [1.807, 2.05) is 0 Å². The van der Waals surface area contributed by atoms with E-state index in [1.54, 1.807) is 13.8 Å². The van der Waals surface area contributed by atoms with Crippen LogP contribution in [0.3, 0.4) is 0 Å². The second-order valence-corrected chi connectivity index (χ2v) is 31.2. The third kappa shape index (κ3) is 21.6. The van der Waals surface area contributed by atoms with Crippen molar-refractivity contribution in [2.75, 3.05) is 102 Å². The highest BCUT2D eigenvalue weighted by molar-refractivity contribution is 6.21. The molecule has 3 aliphatic heterocycles. The van der Waals surface area contributed by atoms with Crippen molar-refractivity contribution in [1.82, 2.24) is 60.0 Å². The van der Waals surface area contributed by atoms with E-state index in [0.717, 1.165) is 58.8 Å². The highest BCUT2D eigenvalue weighted by Crippen LogP contribution is 2.44. The standard InChI is InChI=1S/C71H111ClF6N12O13/c1-11-44(3)59-66(100)84(6)41-57(93)82(4)42-58(94)85(7)52(37-46-23-21-43(2)22-24-46)64(98)83(5)40-55(91)79-50(28-26-45-25-27-48(49(72)36-45)71(76,77)78)63(97)90-31-17-20-51(90)62(96)81-69(29-15-16-30-69)68(102)88(10)60(47-18-13-12-14-19-47)67(101)87(9)53(65(99)89-32-34-103-35-33-89)38-56(92)86(8)54(61(95)80-59)39-70(73,74)75/h43-54,59-60H,11-42H2,1-10H3,(H,79,91)(H,80,95)(H,81,96)/t43?,44-,45?,46?,48?,49?,50-,51-,52-,53-,54-,59-,60-/m0/s1. The summed E-state index contributed by atoms with van der Waals surface area (Å²) >= 11 is 6.39. The van der Waals surface area contributed by atoms with Crippen LogP contribution in [0.4, 0.5) is 26.3 Å². The molecule has 103 heavy (non-hydrogen) atoms. The van der Waals surface area contributed by atoms with E-state index < -0.39 is 193 Å². The third-order valence-corrected chi connectivity index (χ3v) is 23.7. The fraction of sp³-hybridized carbons (Fsp3) is 0.831. The molecule has 32 heteroatoms. The summed E-state index contributed by atoms with van der Waals surface area (Å²) < 4.78 is 92.0. The molecule has 25 nitrogen and oxygen atoms in total. The van der Waals surface area contributed by atoms with Gasteiger partial charge in [0.2, 0.25) is 70.9 Å². The molecule has 12 amide bonds. The summed E-state index contributed by atoms with van der Waals surface area (Å²) in [6.07, 6.45) is -4.71. The first-order valence-corrected chi connectivity index (χ1v) is 37.5. The van der Waals surface area contributed by atoms with Crippen molar-refractivity contribution in [3.8, 4) is 0 Å². The van der Waals surface area contributed by atoms with Gasteiger partial charge in [0.15, 0.2) is 0 Å². The molecule has 1 spiro atoms. The molecule has 3 saturated heterocycles. The fourth-order valence-corrected chi connectivity index (χ4v) is 16.9. The summed E-state index contributed by atoms with van der Waals surface area (Å²) in [7, 11) is 8.85. The van der Waals surface area contributed by atoms with E-state index in [0.29, 0.717) is 55.8 Å². The van der Waals surface area contributed by atoms with Crippen LogP contribution < -0.4 is 16.0 Å². The van der Waals surface area contributed by atoms with E-state index in [-0.39, 0.29) is 103 Å². The van der Waals surface area contributed by atoms with Crippen LogP contribution in [-0.4, -0.2) is 282 Å². The summed E-state index contributed by atoms with van der Waals surface area (Å²) in [4.78, 5) is 188. The first kappa shape index (κ1) is 83.7. The van der Waals surface area contributed by atoms with Gasteiger partial charge in [0.25, 0.3) is 0 Å². The number of halogens is 7. The Morgan fingerprint density at radius 2 is 1.21 bits per heavy atom. The zero-order valence-electron chi connectivity index (χ0n) is 61.7. The molecule has 0 aromatic rings. The van der Waals surface area contributed by atoms with Crippen LogP contribution in [0.15, 0.2) is 0 Å². The number of carbonyl (C=O) groups is 12. The van der Waals surface area contributed by atoms with Gasteiger partial charge in [0, 0.05) is 74.3 Å². The lowest BCUT2D eigenvalue weighted by Gasteiger charge is -2.43. The number of amides is 12. The number of ether oxygens (including phenoxy) is 1. The van der Waals surface area contributed by atoms with Gasteiger partial charge in [-0.15, -0.1) is 11.6 Å². The Labute approximate surface area is 606 Å². The van der Waals surface area contributed by atoms with Gasteiger partial charge < -0.3 is 64.8 Å². The number of alkyl halides is 7. The molecule has 4 saturated carbocycles. The predicted octanol–water partition coefficient (Wildman–Crippen LogP) is 5.48. The monoisotopic (exact) mass is 1490 g/mol. The zero-order valence-corrected chi connectivity index (χ0v) is 62.4. The van der Waals surface area contributed by atoms with Crippen molar-refractivity contribution < 1.29 is 88.6 Å². The zero-order chi connectivity index (χ0) is 76.2. The first-order valence-electron chi connectivity index (χ1n) is 37.0. The lowest BCUT2D eigenvalue weighted by molar-refractivity contribution is -0.182. The molecular weight excluding hydrogens is 1380 g/mol. The maximum atomic E-state index is 15.7. The second-order valence-electron chi connectivity index (χ2n) is 30.6. The van der Waals surface area contributed by atoms with Crippen molar-refractivity contribution in [1.29, 1.82) is 0 Å². The number of carbonyl (C=O) groups excluding carboxylic acids is 12. The number of likely N-dealkylation sites (N-methyl/N-ethyl adjacent to an activating group) is 7. The summed E-state index contributed by atoms with van der Waals surface area (Å²) in [6, 6.07) is -10.8. The van der Waals surface area contributed by atoms with Gasteiger partial charge in [-0.3, -0.25) is 57.5 Å². The van der Waals surface area contributed by atoms with Crippen molar-refractivity contribution in [2.24, 2.45) is 35.5 Å². The number of hydrogen-bond donors (Lipinski definition) is 3. The normalized spacial score (nSPS) is 31.0. The molecule has 0 aromatic heterocycles. The Bertz CT molecular complexity index is 3020. The van der Waals surface area contributed by atoms with Crippen molar-refractivity contribution in [3.63, 3.8) is 0 Å². The molecule has 7 aliphatic rings. The smallest absolute Gasteiger partial charge is 0.378 e. The SMILES string of the molecule is CC[C@H](C)[C@@H]1NC(=O)[C@H](CC(F)(F)F)N(C)C(=O)C[C@@H](C(=O)N2CCOCC2)N(C)C(=O)[C@H](C2CCCCC2)N(C)C(=O)C2(CCCC2)NC(=O)[C@@H]2CCCN2C(=O)[C@H](CCC2CCC(C(F)(F)F)C(Cl)C2)NC(=O)CN(C)C(=O)[C@H](CC2CCC(C)CC2)N(C)C(=O)CN(C)C(=O)CN(C)C1=O. The van der Waals surface area contributed by atoms with Crippen LogP contribution in [0.2, 0.25) is 0 Å². The Morgan fingerprint density at radius 3 is 1.82 bits per heavy atom. The number of nitrogens with one attached hydrogen (secondary N) is 3. The maximum absolute atomic E-state index is 15.7. The molecule has 0 radical (unpaired) electrons. The van der Waals surface area contributed by atoms with E-state index in [1.165, 1.54) is 61.9 Å². The van der Waals surface area contributed by atoms with Crippen LogP contribution in [0.1, 0.15) is 175 Å². The number of fused-ring (bicyclic) bond motifs is 1. The van der Waals surface area contributed by atoms with Crippen molar-refractivity contribution >= 4 is 82.5 Å². The van der Waals surface area contributed by atoms with Gasteiger partial charge in [-0.25, -0.2) is 0 Å². The Hall–Kier alpha value is -6.53. The average molecular weight is 1490 g/mol. The van der Waals surface area contributed by atoms with Gasteiger partial charge >= 0.3 is 12.4 Å². The molecule has 11 atom stereocenters. The average Bonchev–Trinajstić information content (AvgIpc) is 1.63. The van der Waals surface area contributed by atoms with Crippen LogP contribution >= 0.6 is 11.6 Å². The molecule has 3 unspecified atom stereocenters. The molecule has 7 fully saturated rings. The number of morpholine rings is 1. The fourth-order valence-electron chi connectivity index (χ4n) is 16.4. The highest BCUT2D eigenvalue weighted by Gasteiger charge is 2.53. The minimum absolute atomic E-state index is 0.00740. The third-order valence-electron chi connectivity index (χ3n) is 23.3. The topological polar surface area (TPSA) is 279 Å². The number of hydrogen-bond acceptors (Lipinski definition) is 13. The van der Waals surface area contributed by atoms with Crippen LogP contribution in [0.25, 0.3) is 0 Å². The molecule has 3 N–H and O–H groups in total. The van der Waals surface area contributed by atoms with Crippen LogP contribution in [0, 0.1) is 35.5 Å². The van der Waals surface area contributed by atoms with Gasteiger partial charge in [-0.1, -0.05) is 85.0 Å². The van der Waals surface area contributed by atoms with E-state index in [2.05, 4.69) is 22.9 Å². The van der Waals surface area contributed by atoms with Gasteiger partial charge in [0.1, 0.15) is 47.8 Å². The van der Waals surface area contributed by atoms with Crippen LogP contribution in [0.5, 0.6) is 0 Å². The predicted molar refractivity (Wildman–Crippen MR) is 367 cm³/mol. The summed E-state index contributed by atoms with van der Waals surface area (Å²) in [5.41, 5.74) is -1.66. The van der Waals surface area contributed by atoms with Gasteiger partial charge in [0.05, 0.1) is 51.6 Å². The largest absolute Gasteiger partial charge is 0.393 e. The quantitative estimate of drug-likeness (QED) is 0.181. The van der Waals surface area contributed by atoms with Crippen LogP contribution in [-0.2, 0) is 62.3 Å². The molecule has 7 rings (SSSR count). The Morgan fingerprint density at radius 1 is 0.612 bits per heavy atom.